The highest BCUT2D eigenvalue weighted by atomic mass is 19.1. The molecule has 0 aliphatic rings. The normalized spacial score (nSPS) is 10.4. The molecule has 14 heavy (non-hydrogen) atoms. The van der Waals surface area contributed by atoms with Crippen LogP contribution < -0.4 is 0 Å². The third-order valence-electron chi connectivity index (χ3n) is 2.23. The summed E-state index contributed by atoms with van der Waals surface area (Å²) in [5.74, 6) is -0.213. The van der Waals surface area contributed by atoms with Crippen LogP contribution in [0.5, 0.6) is 0 Å². The fourth-order valence-electron chi connectivity index (χ4n) is 1.46. The van der Waals surface area contributed by atoms with Crippen LogP contribution in [-0.2, 0) is 6.42 Å². The van der Waals surface area contributed by atoms with Gasteiger partial charge in [0.05, 0.1) is 6.20 Å². The molecule has 0 bridgehead atoms. The minimum atomic E-state index is -0.213. The summed E-state index contributed by atoms with van der Waals surface area (Å²) in [6, 6.07) is 6.45. The summed E-state index contributed by atoms with van der Waals surface area (Å²) in [7, 11) is 0. The lowest BCUT2D eigenvalue weighted by atomic mass is 10.1. The summed E-state index contributed by atoms with van der Waals surface area (Å²) < 4.78 is 12.7. The van der Waals surface area contributed by atoms with Crippen molar-refractivity contribution in [3.05, 3.63) is 42.0 Å². The van der Waals surface area contributed by atoms with Crippen molar-refractivity contribution in [2.24, 2.45) is 0 Å². The predicted octanol–water partition coefficient (Wildman–Crippen LogP) is 2.78. The van der Waals surface area contributed by atoms with Gasteiger partial charge in [-0.15, -0.1) is 0 Å². The van der Waals surface area contributed by atoms with Crippen LogP contribution in [0.15, 0.2) is 30.5 Å². The molecule has 2 nitrogen and oxygen atoms in total. The lowest BCUT2D eigenvalue weighted by molar-refractivity contribution is 0.628. The monoisotopic (exact) mass is 190 g/mol. The molecular formula is C11H11FN2. The van der Waals surface area contributed by atoms with Crippen LogP contribution in [0.25, 0.3) is 11.1 Å². The number of benzene rings is 1. The molecule has 0 unspecified atom stereocenters. The molecule has 0 amide bonds. The predicted molar refractivity (Wildman–Crippen MR) is 53.4 cm³/mol. The average molecular weight is 190 g/mol. The molecule has 72 valence electrons. The quantitative estimate of drug-likeness (QED) is 0.775. The van der Waals surface area contributed by atoms with E-state index in [1.165, 1.54) is 12.1 Å². The SMILES string of the molecule is CCc1[nH]ncc1-c1ccc(F)cc1. The van der Waals surface area contributed by atoms with E-state index in [4.69, 9.17) is 0 Å². The lowest BCUT2D eigenvalue weighted by Crippen LogP contribution is -1.84. The Morgan fingerprint density at radius 1 is 1.29 bits per heavy atom. The van der Waals surface area contributed by atoms with Crippen LogP contribution in [0, 0.1) is 5.82 Å². The second-order valence-electron chi connectivity index (χ2n) is 3.12. The summed E-state index contributed by atoms with van der Waals surface area (Å²) in [5, 5.41) is 6.90. The highest BCUT2D eigenvalue weighted by Gasteiger charge is 2.05. The zero-order valence-electron chi connectivity index (χ0n) is 7.92. The van der Waals surface area contributed by atoms with Gasteiger partial charge < -0.3 is 0 Å². The Bertz CT molecular complexity index is 417. The highest BCUT2D eigenvalue weighted by molar-refractivity contribution is 5.64. The Balaban J connectivity index is 2.44. The van der Waals surface area contributed by atoms with E-state index in [9.17, 15) is 4.39 Å². The average Bonchev–Trinajstić information content (AvgIpc) is 2.67. The van der Waals surface area contributed by atoms with Crippen molar-refractivity contribution < 1.29 is 4.39 Å². The van der Waals surface area contributed by atoms with Gasteiger partial charge in [0.1, 0.15) is 5.82 Å². The van der Waals surface area contributed by atoms with E-state index in [0.717, 1.165) is 23.2 Å². The van der Waals surface area contributed by atoms with E-state index in [2.05, 4.69) is 17.1 Å². The van der Waals surface area contributed by atoms with Gasteiger partial charge in [0, 0.05) is 11.3 Å². The minimum absolute atomic E-state index is 0.213. The fraction of sp³-hybridized carbons (Fsp3) is 0.182. The van der Waals surface area contributed by atoms with Gasteiger partial charge in [-0.05, 0) is 24.1 Å². The lowest BCUT2D eigenvalue weighted by Gasteiger charge is -2.00. The largest absolute Gasteiger partial charge is 0.282 e. The van der Waals surface area contributed by atoms with Crippen molar-refractivity contribution in [2.45, 2.75) is 13.3 Å². The third kappa shape index (κ3) is 1.53. The Morgan fingerprint density at radius 3 is 2.64 bits per heavy atom. The maximum Gasteiger partial charge on any atom is 0.123 e. The van der Waals surface area contributed by atoms with E-state index in [1.807, 2.05) is 0 Å². The van der Waals surface area contributed by atoms with Gasteiger partial charge >= 0.3 is 0 Å². The maximum absolute atomic E-state index is 12.7. The van der Waals surface area contributed by atoms with Gasteiger partial charge in [0.25, 0.3) is 0 Å². The maximum atomic E-state index is 12.7. The standard InChI is InChI=1S/C11H11FN2/c1-2-11-10(7-13-14-11)8-3-5-9(12)6-4-8/h3-7H,2H2,1H3,(H,13,14). The number of nitrogens with one attached hydrogen (secondary N) is 1. The minimum Gasteiger partial charge on any atom is -0.282 e. The third-order valence-corrected chi connectivity index (χ3v) is 2.23. The Hall–Kier alpha value is -1.64. The smallest absolute Gasteiger partial charge is 0.123 e. The second kappa shape index (κ2) is 3.62. The number of aromatic amines is 1. The topological polar surface area (TPSA) is 28.7 Å². The number of aryl methyl sites for hydroxylation is 1. The molecule has 1 N–H and O–H groups in total. The van der Waals surface area contributed by atoms with Gasteiger partial charge in [0.15, 0.2) is 0 Å². The summed E-state index contributed by atoms with van der Waals surface area (Å²) >= 11 is 0. The fourth-order valence-corrected chi connectivity index (χ4v) is 1.46. The summed E-state index contributed by atoms with van der Waals surface area (Å²) in [4.78, 5) is 0. The first-order chi connectivity index (χ1) is 6.81. The highest BCUT2D eigenvalue weighted by Crippen LogP contribution is 2.22. The molecule has 0 fully saturated rings. The Morgan fingerprint density at radius 2 is 2.00 bits per heavy atom. The van der Waals surface area contributed by atoms with Crippen LogP contribution in [0.3, 0.4) is 0 Å². The Labute approximate surface area is 81.8 Å². The summed E-state index contributed by atoms with van der Waals surface area (Å²) in [6.45, 7) is 2.06. The molecule has 1 aromatic heterocycles. The van der Waals surface area contributed by atoms with Crippen LogP contribution in [0.2, 0.25) is 0 Å². The second-order valence-corrected chi connectivity index (χ2v) is 3.12. The molecule has 1 heterocycles. The molecule has 2 aromatic rings. The van der Waals surface area contributed by atoms with E-state index >= 15 is 0 Å². The zero-order chi connectivity index (χ0) is 9.97. The van der Waals surface area contributed by atoms with Gasteiger partial charge in [-0.3, -0.25) is 5.10 Å². The molecule has 3 heteroatoms. The number of H-pyrrole nitrogens is 1. The molecule has 2 rings (SSSR count). The molecule has 0 saturated heterocycles. The molecular weight excluding hydrogens is 179 g/mol. The molecule has 0 saturated carbocycles. The summed E-state index contributed by atoms with van der Waals surface area (Å²) in [5.41, 5.74) is 3.13. The first-order valence-electron chi connectivity index (χ1n) is 4.59. The summed E-state index contributed by atoms with van der Waals surface area (Å²) in [6.07, 6.45) is 2.67. The Kier molecular flexibility index (Phi) is 2.31. The number of hydrogen-bond donors (Lipinski definition) is 1. The van der Waals surface area contributed by atoms with Crippen molar-refractivity contribution in [1.82, 2.24) is 10.2 Å². The van der Waals surface area contributed by atoms with Crippen molar-refractivity contribution in [1.29, 1.82) is 0 Å². The molecule has 0 aliphatic carbocycles. The molecule has 0 aliphatic heterocycles. The van der Waals surface area contributed by atoms with E-state index in [0.29, 0.717) is 0 Å². The first kappa shape index (κ1) is 8.94. The number of halogens is 1. The number of nitrogens with zero attached hydrogens (tertiary/aromatic N) is 1. The van der Waals surface area contributed by atoms with Crippen molar-refractivity contribution in [3.8, 4) is 11.1 Å². The van der Waals surface area contributed by atoms with Crippen LogP contribution in [0.4, 0.5) is 4.39 Å². The van der Waals surface area contributed by atoms with Crippen LogP contribution in [-0.4, -0.2) is 10.2 Å². The number of aromatic nitrogens is 2. The zero-order valence-corrected chi connectivity index (χ0v) is 7.92. The van der Waals surface area contributed by atoms with Gasteiger partial charge in [-0.1, -0.05) is 19.1 Å². The van der Waals surface area contributed by atoms with Gasteiger partial charge in [-0.2, -0.15) is 5.10 Å². The molecule has 0 atom stereocenters. The van der Waals surface area contributed by atoms with E-state index in [-0.39, 0.29) is 5.82 Å². The van der Waals surface area contributed by atoms with Crippen LogP contribution in [0.1, 0.15) is 12.6 Å². The van der Waals surface area contributed by atoms with Gasteiger partial charge in [-0.25, -0.2) is 4.39 Å². The van der Waals surface area contributed by atoms with E-state index < -0.39 is 0 Å². The van der Waals surface area contributed by atoms with Crippen molar-refractivity contribution in [3.63, 3.8) is 0 Å². The van der Waals surface area contributed by atoms with E-state index in [1.54, 1.807) is 18.3 Å². The van der Waals surface area contributed by atoms with Gasteiger partial charge in [0.2, 0.25) is 0 Å². The molecule has 0 radical (unpaired) electrons. The molecule has 1 aromatic carbocycles. The number of hydrogen-bond acceptors (Lipinski definition) is 1. The number of rotatable bonds is 2. The van der Waals surface area contributed by atoms with Crippen LogP contribution >= 0.6 is 0 Å². The van der Waals surface area contributed by atoms with Crippen molar-refractivity contribution >= 4 is 0 Å². The first-order valence-corrected chi connectivity index (χ1v) is 4.59. The molecule has 0 spiro atoms. The van der Waals surface area contributed by atoms with Crippen molar-refractivity contribution in [2.75, 3.05) is 0 Å².